The summed E-state index contributed by atoms with van der Waals surface area (Å²) < 4.78 is 33.5. The Balaban J connectivity index is 1.51. The summed E-state index contributed by atoms with van der Waals surface area (Å²) in [6.45, 7) is 1.09. The second-order valence-electron chi connectivity index (χ2n) is 7.33. The molecule has 2 aromatic rings. The molecule has 1 aliphatic carbocycles. The normalized spacial score (nSPS) is 21.2. The Labute approximate surface area is 149 Å². The van der Waals surface area contributed by atoms with Crippen LogP contribution in [0.4, 0.5) is 0 Å². The molecule has 2 fully saturated rings. The van der Waals surface area contributed by atoms with Crippen LogP contribution in [0.5, 0.6) is 5.75 Å². The number of fused-ring (bicyclic) bond motifs is 1. The van der Waals surface area contributed by atoms with Crippen molar-refractivity contribution in [1.29, 1.82) is 0 Å². The fourth-order valence-electron chi connectivity index (χ4n) is 4.23. The summed E-state index contributed by atoms with van der Waals surface area (Å²) in [5.74, 6) is 0.923. The van der Waals surface area contributed by atoms with Crippen LogP contribution in [-0.2, 0) is 10.0 Å². The van der Waals surface area contributed by atoms with Gasteiger partial charge >= 0.3 is 0 Å². The van der Waals surface area contributed by atoms with Gasteiger partial charge in [-0.1, -0.05) is 18.9 Å². The standard InChI is InChI=1S/C19H26N2O3S/c1-25(22,23)20-12-9-16(10-13-20)24-19-8-4-7-18-17(19)11-14-21(18)15-5-2-3-6-15/h4,7-8,11,14-16H,2-3,5-6,9-10,12-13H2,1H3. The maximum Gasteiger partial charge on any atom is 0.211 e. The minimum absolute atomic E-state index is 0.0819. The zero-order valence-electron chi connectivity index (χ0n) is 14.7. The first-order valence-corrected chi connectivity index (χ1v) is 11.1. The quantitative estimate of drug-likeness (QED) is 0.836. The molecule has 1 saturated carbocycles. The number of benzene rings is 1. The molecule has 0 bridgehead atoms. The van der Waals surface area contributed by atoms with Crippen molar-refractivity contribution in [2.45, 2.75) is 50.7 Å². The van der Waals surface area contributed by atoms with Gasteiger partial charge in [0, 0.05) is 30.7 Å². The maximum absolute atomic E-state index is 11.6. The Morgan fingerprint density at radius 3 is 2.44 bits per heavy atom. The molecule has 4 rings (SSSR count). The van der Waals surface area contributed by atoms with E-state index in [1.165, 1.54) is 42.8 Å². The van der Waals surface area contributed by atoms with Crippen molar-refractivity contribution in [3.05, 3.63) is 30.5 Å². The van der Waals surface area contributed by atoms with Crippen LogP contribution in [0.2, 0.25) is 0 Å². The van der Waals surface area contributed by atoms with Crippen molar-refractivity contribution in [2.75, 3.05) is 19.3 Å². The molecule has 5 nitrogen and oxygen atoms in total. The molecule has 0 radical (unpaired) electrons. The number of hydrogen-bond acceptors (Lipinski definition) is 3. The summed E-state index contributed by atoms with van der Waals surface area (Å²) in [7, 11) is -3.09. The van der Waals surface area contributed by atoms with Gasteiger partial charge in [0.05, 0.1) is 11.8 Å². The third-order valence-electron chi connectivity index (χ3n) is 5.60. The molecule has 6 heteroatoms. The Bertz CT molecular complexity index is 845. The van der Waals surface area contributed by atoms with E-state index in [0.717, 1.165) is 18.6 Å². The van der Waals surface area contributed by atoms with Crippen molar-refractivity contribution >= 4 is 20.9 Å². The molecule has 1 aromatic heterocycles. The average molecular weight is 362 g/mol. The van der Waals surface area contributed by atoms with Crippen LogP contribution >= 0.6 is 0 Å². The van der Waals surface area contributed by atoms with Gasteiger partial charge < -0.3 is 9.30 Å². The van der Waals surface area contributed by atoms with Gasteiger partial charge in [0.2, 0.25) is 10.0 Å². The Kier molecular flexibility index (Phi) is 4.50. The van der Waals surface area contributed by atoms with Crippen molar-refractivity contribution < 1.29 is 13.2 Å². The number of piperidine rings is 1. The van der Waals surface area contributed by atoms with E-state index in [-0.39, 0.29) is 6.10 Å². The average Bonchev–Trinajstić information content (AvgIpc) is 3.24. The number of aromatic nitrogens is 1. The monoisotopic (exact) mass is 362 g/mol. The first-order valence-electron chi connectivity index (χ1n) is 9.24. The van der Waals surface area contributed by atoms with Crippen LogP contribution in [0.25, 0.3) is 10.9 Å². The highest BCUT2D eigenvalue weighted by molar-refractivity contribution is 7.88. The van der Waals surface area contributed by atoms with Crippen LogP contribution in [-0.4, -0.2) is 42.7 Å². The maximum atomic E-state index is 11.6. The van der Waals surface area contributed by atoms with E-state index >= 15 is 0 Å². The summed E-state index contributed by atoms with van der Waals surface area (Å²) in [5, 5.41) is 1.17. The van der Waals surface area contributed by atoms with Gasteiger partial charge in [0.15, 0.2) is 0 Å². The smallest absolute Gasteiger partial charge is 0.211 e. The number of rotatable bonds is 4. The summed E-state index contributed by atoms with van der Waals surface area (Å²) >= 11 is 0. The summed E-state index contributed by atoms with van der Waals surface area (Å²) in [5.41, 5.74) is 1.25. The van der Waals surface area contributed by atoms with Gasteiger partial charge in [-0.2, -0.15) is 0 Å². The van der Waals surface area contributed by atoms with Crippen LogP contribution in [0.15, 0.2) is 30.5 Å². The lowest BCUT2D eigenvalue weighted by Crippen LogP contribution is -2.41. The van der Waals surface area contributed by atoms with Crippen LogP contribution in [0, 0.1) is 0 Å². The molecule has 1 saturated heterocycles. The highest BCUT2D eigenvalue weighted by atomic mass is 32.2. The number of ether oxygens (including phenoxy) is 1. The first kappa shape index (κ1) is 16.9. The molecule has 0 N–H and O–H groups in total. The van der Waals surface area contributed by atoms with Crippen LogP contribution in [0.3, 0.4) is 0 Å². The van der Waals surface area contributed by atoms with E-state index in [9.17, 15) is 8.42 Å². The lowest BCUT2D eigenvalue weighted by Gasteiger charge is -2.30. The lowest BCUT2D eigenvalue weighted by molar-refractivity contribution is 0.137. The van der Waals surface area contributed by atoms with Gasteiger partial charge in [-0.05, 0) is 43.9 Å². The molecule has 1 aliphatic heterocycles. The fraction of sp³-hybridized carbons (Fsp3) is 0.579. The molecular weight excluding hydrogens is 336 g/mol. The van der Waals surface area contributed by atoms with Gasteiger partial charge in [-0.15, -0.1) is 0 Å². The second kappa shape index (κ2) is 6.65. The Morgan fingerprint density at radius 2 is 1.76 bits per heavy atom. The summed E-state index contributed by atoms with van der Waals surface area (Å²) in [6.07, 6.45) is 10.2. The molecule has 25 heavy (non-hydrogen) atoms. The molecule has 136 valence electrons. The third kappa shape index (κ3) is 3.42. The van der Waals surface area contributed by atoms with Gasteiger partial charge in [0.1, 0.15) is 11.9 Å². The molecular formula is C19H26N2O3S. The van der Waals surface area contributed by atoms with Gasteiger partial charge in [-0.25, -0.2) is 12.7 Å². The number of sulfonamides is 1. The van der Waals surface area contributed by atoms with E-state index < -0.39 is 10.0 Å². The lowest BCUT2D eigenvalue weighted by atomic mass is 10.1. The molecule has 0 atom stereocenters. The summed E-state index contributed by atoms with van der Waals surface area (Å²) in [4.78, 5) is 0. The molecule has 0 unspecified atom stereocenters. The topological polar surface area (TPSA) is 51.5 Å². The second-order valence-corrected chi connectivity index (χ2v) is 9.31. The predicted molar refractivity (Wildman–Crippen MR) is 99.5 cm³/mol. The molecule has 1 aromatic carbocycles. The Hall–Kier alpha value is -1.53. The highest BCUT2D eigenvalue weighted by Gasteiger charge is 2.26. The van der Waals surface area contributed by atoms with E-state index in [4.69, 9.17) is 4.74 Å². The minimum Gasteiger partial charge on any atom is -0.490 e. The molecule has 2 heterocycles. The zero-order valence-corrected chi connectivity index (χ0v) is 15.5. The van der Waals surface area contributed by atoms with E-state index in [1.54, 1.807) is 4.31 Å². The van der Waals surface area contributed by atoms with E-state index in [1.807, 2.05) is 6.07 Å². The van der Waals surface area contributed by atoms with Crippen LogP contribution < -0.4 is 4.74 Å². The van der Waals surface area contributed by atoms with Crippen molar-refractivity contribution in [1.82, 2.24) is 8.87 Å². The number of nitrogens with zero attached hydrogens (tertiary/aromatic N) is 2. The predicted octanol–water partition coefficient (Wildman–Crippen LogP) is 3.56. The summed E-state index contributed by atoms with van der Waals surface area (Å²) in [6, 6.07) is 9.05. The largest absolute Gasteiger partial charge is 0.490 e. The SMILES string of the molecule is CS(=O)(=O)N1CCC(Oc2cccc3c2ccn3C2CCCC2)CC1. The van der Waals surface area contributed by atoms with Gasteiger partial charge in [0.25, 0.3) is 0 Å². The highest BCUT2D eigenvalue weighted by Crippen LogP contribution is 2.36. The molecule has 0 amide bonds. The first-order chi connectivity index (χ1) is 12.0. The van der Waals surface area contributed by atoms with Crippen molar-refractivity contribution in [3.63, 3.8) is 0 Å². The van der Waals surface area contributed by atoms with E-state index in [0.29, 0.717) is 19.1 Å². The van der Waals surface area contributed by atoms with Crippen molar-refractivity contribution in [2.24, 2.45) is 0 Å². The molecule has 2 aliphatic rings. The zero-order chi connectivity index (χ0) is 17.4. The van der Waals surface area contributed by atoms with Gasteiger partial charge in [-0.3, -0.25) is 0 Å². The minimum atomic E-state index is -3.09. The molecule has 0 spiro atoms. The fourth-order valence-corrected chi connectivity index (χ4v) is 5.10. The number of hydrogen-bond donors (Lipinski definition) is 0. The van der Waals surface area contributed by atoms with Crippen molar-refractivity contribution in [3.8, 4) is 5.75 Å². The third-order valence-corrected chi connectivity index (χ3v) is 6.91. The van der Waals surface area contributed by atoms with E-state index in [2.05, 4.69) is 29.0 Å². The Morgan fingerprint density at radius 1 is 1.04 bits per heavy atom. The van der Waals surface area contributed by atoms with Crippen LogP contribution in [0.1, 0.15) is 44.6 Å².